The summed E-state index contributed by atoms with van der Waals surface area (Å²) >= 11 is 2.87. The van der Waals surface area contributed by atoms with E-state index < -0.39 is 5.97 Å². The van der Waals surface area contributed by atoms with Gasteiger partial charge in [-0.2, -0.15) is 11.3 Å². The van der Waals surface area contributed by atoms with Crippen LogP contribution < -0.4 is 5.11 Å². The number of carbonyl (C=O) groups is 1. The molecule has 0 aromatic carbocycles. The molecule has 0 aliphatic rings. The van der Waals surface area contributed by atoms with Gasteiger partial charge in [0.2, 0.25) is 0 Å². The van der Waals surface area contributed by atoms with Crippen LogP contribution in [0, 0.1) is 0 Å². The maximum Gasteiger partial charge on any atom is 0.124 e. The number of carboxylic acid groups (broad SMARTS) is 1. The first-order valence-corrected chi connectivity index (χ1v) is 5.29. The summed E-state index contributed by atoms with van der Waals surface area (Å²) in [5, 5.41) is 16.5. The van der Waals surface area contributed by atoms with E-state index in [2.05, 4.69) is 4.98 Å². The van der Waals surface area contributed by atoms with Crippen molar-refractivity contribution in [3.8, 4) is 10.6 Å². The topological polar surface area (TPSA) is 53.0 Å². The Hall–Kier alpha value is -1.20. The summed E-state index contributed by atoms with van der Waals surface area (Å²) in [4.78, 5) is 14.3. The number of aromatic carboxylic acids is 1. The lowest BCUT2D eigenvalue weighted by Crippen LogP contribution is -2.22. The minimum absolute atomic E-state index is 0.00574. The summed E-state index contributed by atoms with van der Waals surface area (Å²) in [7, 11) is 0. The molecule has 0 aliphatic heterocycles. The SMILES string of the molecule is O=C([O-])c1csc(-c2ccsc2)n1. The fraction of sp³-hybridized carbons (Fsp3) is 0. The summed E-state index contributed by atoms with van der Waals surface area (Å²) in [6.45, 7) is 0. The Balaban J connectivity index is 2.39. The molecule has 2 heterocycles. The van der Waals surface area contributed by atoms with Gasteiger partial charge in [-0.15, -0.1) is 11.3 Å². The fourth-order valence-corrected chi connectivity index (χ4v) is 2.39. The van der Waals surface area contributed by atoms with Gasteiger partial charge in [0.05, 0.1) is 11.7 Å². The van der Waals surface area contributed by atoms with E-state index in [0.717, 1.165) is 10.6 Å². The zero-order valence-electron chi connectivity index (χ0n) is 6.39. The predicted octanol–water partition coefficient (Wildman–Crippen LogP) is 1.24. The van der Waals surface area contributed by atoms with Gasteiger partial charge in [0.15, 0.2) is 0 Å². The molecule has 0 radical (unpaired) electrons. The van der Waals surface area contributed by atoms with Gasteiger partial charge in [0, 0.05) is 16.3 Å². The normalized spacial score (nSPS) is 10.2. The van der Waals surface area contributed by atoms with E-state index in [0.29, 0.717) is 0 Å². The van der Waals surface area contributed by atoms with Crippen LogP contribution in [0.1, 0.15) is 10.5 Å². The zero-order chi connectivity index (χ0) is 9.26. The van der Waals surface area contributed by atoms with Crippen LogP contribution in [0.5, 0.6) is 0 Å². The highest BCUT2D eigenvalue weighted by atomic mass is 32.1. The Morgan fingerprint density at radius 3 is 2.85 bits per heavy atom. The lowest BCUT2D eigenvalue weighted by Gasteiger charge is -1.92. The van der Waals surface area contributed by atoms with Gasteiger partial charge >= 0.3 is 0 Å². The number of thiazole rings is 1. The lowest BCUT2D eigenvalue weighted by molar-refractivity contribution is -0.255. The fourth-order valence-electron chi connectivity index (χ4n) is 0.886. The predicted molar refractivity (Wildman–Crippen MR) is 49.8 cm³/mol. The molecule has 0 unspecified atom stereocenters. The van der Waals surface area contributed by atoms with Gasteiger partial charge in [0.25, 0.3) is 0 Å². The third-order valence-electron chi connectivity index (χ3n) is 1.48. The molecule has 3 nitrogen and oxygen atoms in total. The molecule has 2 aromatic rings. The van der Waals surface area contributed by atoms with Gasteiger partial charge in [-0.3, -0.25) is 0 Å². The van der Waals surface area contributed by atoms with Crippen LogP contribution in [0.25, 0.3) is 10.6 Å². The van der Waals surface area contributed by atoms with Gasteiger partial charge in [-0.05, 0) is 11.4 Å². The lowest BCUT2D eigenvalue weighted by atomic mass is 10.4. The molecule has 0 saturated heterocycles. The summed E-state index contributed by atoms with van der Waals surface area (Å²) in [6, 6.07) is 1.91. The molecule has 0 fully saturated rings. The second-order valence-electron chi connectivity index (χ2n) is 2.34. The van der Waals surface area contributed by atoms with E-state index in [4.69, 9.17) is 0 Å². The largest absolute Gasteiger partial charge is 0.543 e. The summed E-state index contributed by atoms with van der Waals surface area (Å²) in [5.41, 5.74) is 0.966. The number of hydrogen-bond acceptors (Lipinski definition) is 5. The average Bonchev–Trinajstić information content (AvgIpc) is 2.75. The Labute approximate surface area is 82.3 Å². The molecule has 0 amide bonds. The molecule has 5 heteroatoms. The van der Waals surface area contributed by atoms with E-state index in [1.54, 1.807) is 11.3 Å². The Bertz CT molecular complexity index is 419. The molecule has 0 spiro atoms. The first kappa shape index (κ1) is 8.40. The third kappa shape index (κ3) is 1.61. The van der Waals surface area contributed by atoms with Crippen LogP contribution in [-0.4, -0.2) is 11.0 Å². The number of hydrogen-bond donors (Lipinski definition) is 0. The number of nitrogens with zero attached hydrogens (tertiary/aromatic N) is 1. The maximum absolute atomic E-state index is 10.4. The molecular formula is C8H4NO2S2-. The number of thiophene rings is 1. The van der Waals surface area contributed by atoms with Crippen molar-refractivity contribution in [1.82, 2.24) is 4.98 Å². The van der Waals surface area contributed by atoms with Crippen molar-refractivity contribution < 1.29 is 9.90 Å². The third-order valence-corrected chi connectivity index (χ3v) is 3.06. The molecule has 2 aromatic heterocycles. The highest BCUT2D eigenvalue weighted by Crippen LogP contribution is 2.25. The minimum Gasteiger partial charge on any atom is -0.543 e. The molecule has 0 bridgehead atoms. The molecule has 0 aliphatic carbocycles. The van der Waals surface area contributed by atoms with E-state index >= 15 is 0 Å². The highest BCUT2D eigenvalue weighted by Gasteiger charge is 2.04. The van der Waals surface area contributed by atoms with Gasteiger partial charge in [-0.25, -0.2) is 4.98 Å². The van der Waals surface area contributed by atoms with Crippen molar-refractivity contribution in [2.45, 2.75) is 0 Å². The van der Waals surface area contributed by atoms with Gasteiger partial charge in [0.1, 0.15) is 5.01 Å². The van der Waals surface area contributed by atoms with Crippen molar-refractivity contribution in [3.63, 3.8) is 0 Å². The summed E-state index contributed by atoms with van der Waals surface area (Å²) in [5.74, 6) is -1.22. The average molecular weight is 210 g/mol. The van der Waals surface area contributed by atoms with Crippen LogP contribution in [0.2, 0.25) is 0 Å². The smallest absolute Gasteiger partial charge is 0.124 e. The van der Waals surface area contributed by atoms with E-state index in [1.165, 1.54) is 16.7 Å². The second kappa shape index (κ2) is 3.27. The van der Waals surface area contributed by atoms with Crippen LogP contribution in [0.15, 0.2) is 22.2 Å². The standard InChI is InChI=1S/C8H5NO2S2/c10-8(11)6-4-13-7(9-6)5-1-2-12-3-5/h1-4H,(H,10,11)/p-1. The Morgan fingerprint density at radius 2 is 2.31 bits per heavy atom. The van der Waals surface area contributed by atoms with Gasteiger partial charge in [-0.1, -0.05) is 0 Å². The molecule has 13 heavy (non-hydrogen) atoms. The first-order valence-electron chi connectivity index (χ1n) is 3.47. The molecule has 2 rings (SSSR count). The number of carbonyl (C=O) groups excluding carboxylic acids is 1. The number of carboxylic acids is 1. The van der Waals surface area contributed by atoms with Crippen LogP contribution in [0.3, 0.4) is 0 Å². The summed E-state index contributed by atoms with van der Waals surface area (Å²) in [6.07, 6.45) is 0. The van der Waals surface area contributed by atoms with Gasteiger partial charge < -0.3 is 9.90 Å². The molecule has 66 valence electrons. The molecule has 0 atom stereocenters. The quantitative estimate of drug-likeness (QED) is 0.749. The monoisotopic (exact) mass is 210 g/mol. The molecule has 0 saturated carbocycles. The van der Waals surface area contributed by atoms with Crippen molar-refractivity contribution in [2.24, 2.45) is 0 Å². The Morgan fingerprint density at radius 1 is 1.46 bits per heavy atom. The maximum atomic E-state index is 10.4. The second-order valence-corrected chi connectivity index (χ2v) is 3.98. The zero-order valence-corrected chi connectivity index (χ0v) is 8.02. The van der Waals surface area contributed by atoms with E-state index in [-0.39, 0.29) is 5.69 Å². The molecule has 0 N–H and O–H groups in total. The summed E-state index contributed by atoms with van der Waals surface area (Å²) < 4.78 is 0. The Kier molecular flexibility index (Phi) is 2.12. The van der Waals surface area contributed by atoms with Crippen LogP contribution in [-0.2, 0) is 0 Å². The van der Waals surface area contributed by atoms with Crippen molar-refractivity contribution in [3.05, 3.63) is 27.9 Å². The van der Waals surface area contributed by atoms with Crippen molar-refractivity contribution in [2.75, 3.05) is 0 Å². The highest BCUT2D eigenvalue weighted by molar-refractivity contribution is 7.14. The van der Waals surface area contributed by atoms with Crippen molar-refractivity contribution >= 4 is 28.6 Å². The minimum atomic E-state index is -1.22. The van der Waals surface area contributed by atoms with Crippen molar-refractivity contribution in [1.29, 1.82) is 0 Å². The van der Waals surface area contributed by atoms with E-state index in [9.17, 15) is 9.90 Å². The van der Waals surface area contributed by atoms with Crippen LogP contribution in [0.4, 0.5) is 0 Å². The molecular weight excluding hydrogens is 206 g/mol. The number of rotatable bonds is 2. The first-order chi connectivity index (χ1) is 6.27. The number of aromatic nitrogens is 1. The van der Waals surface area contributed by atoms with Crippen LogP contribution >= 0.6 is 22.7 Å². The van der Waals surface area contributed by atoms with E-state index in [1.807, 2.05) is 16.8 Å².